The number of carbonyl (C=O) groups excluding carboxylic acids is 1. The zero-order valence-corrected chi connectivity index (χ0v) is 12.9. The van der Waals surface area contributed by atoms with Crippen LogP contribution in [-0.2, 0) is 0 Å². The van der Waals surface area contributed by atoms with Gasteiger partial charge in [-0.05, 0) is 31.0 Å². The zero-order chi connectivity index (χ0) is 13.1. The van der Waals surface area contributed by atoms with Gasteiger partial charge >= 0.3 is 0 Å². The minimum Gasteiger partial charge on any atom is -0.348 e. The third-order valence-corrected chi connectivity index (χ3v) is 5.01. The first-order valence-corrected chi connectivity index (χ1v) is 7.65. The van der Waals surface area contributed by atoms with Crippen molar-refractivity contribution in [1.82, 2.24) is 5.32 Å². The maximum absolute atomic E-state index is 12.1. The molecule has 0 radical (unpaired) electrons. The SMILES string of the molecule is O=C(NC1CCCCC1Br)c1ccc(Cl)c(Cl)c1. The lowest BCUT2D eigenvalue weighted by molar-refractivity contribution is 0.0930. The molecule has 5 heteroatoms. The summed E-state index contributed by atoms with van der Waals surface area (Å²) in [5.74, 6) is -0.0927. The van der Waals surface area contributed by atoms with Crippen molar-refractivity contribution in [2.45, 2.75) is 36.6 Å². The van der Waals surface area contributed by atoms with E-state index in [1.54, 1.807) is 18.2 Å². The molecule has 18 heavy (non-hydrogen) atoms. The van der Waals surface area contributed by atoms with Crippen LogP contribution >= 0.6 is 39.1 Å². The van der Waals surface area contributed by atoms with Crippen LogP contribution in [-0.4, -0.2) is 16.8 Å². The molecule has 2 nitrogen and oxygen atoms in total. The van der Waals surface area contributed by atoms with E-state index >= 15 is 0 Å². The summed E-state index contributed by atoms with van der Waals surface area (Å²) < 4.78 is 0. The first kappa shape index (κ1) is 14.2. The van der Waals surface area contributed by atoms with Gasteiger partial charge in [0.05, 0.1) is 10.0 Å². The Morgan fingerprint density at radius 2 is 1.94 bits per heavy atom. The molecule has 0 aromatic heterocycles. The Balaban J connectivity index is 2.04. The molecule has 1 aliphatic carbocycles. The average Bonchev–Trinajstić information content (AvgIpc) is 2.35. The Bertz CT molecular complexity index is 453. The minimum absolute atomic E-state index is 0.0927. The van der Waals surface area contributed by atoms with Crippen molar-refractivity contribution in [3.05, 3.63) is 33.8 Å². The Morgan fingerprint density at radius 3 is 2.61 bits per heavy atom. The molecule has 2 unspecified atom stereocenters. The Labute approximate surface area is 125 Å². The van der Waals surface area contributed by atoms with Gasteiger partial charge < -0.3 is 5.32 Å². The summed E-state index contributed by atoms with van der Waals surface area (Å²) >= 11 is 15.4. The summed E-state index contributed by atoms with van der Waals surface area (Å²) in [5, 5.41) is 3.91. The number of halogens is 3. The Kier molecular flexibility index (Phi) is 4.93. The molecule has 1 amide bonds. The number of benzene rings is 1. The van der Waals surface area contributed by atoms with Crippen LogP contribution in [0.1, 0.15) is 36.0 Å². The Morgan fingerprint density at radius 1 is 1.22 bits per heavy atom. The molecule has 98 valence electrons. The quantitative estimate of drug-likeness (QED) is 0.785. The van der Waals surface area contributed by atoms with Crippen LogP contribution in [0.15, 0.2) is 18.2 Å². The normalized spacial score (nSPS) is 23.7. The molecular weight excluding hydrogens is 337 g/mol. The number of hydrogen-bond donors (Lipinski definition) is 1. The zero-order valence-electron chi connectivity index (χ0n) is 9.76. The summed E-state index contributed by atoms with van der Waals surface area (Å²) in [6, 6.07) is 5.13. The molecule has 0 saturated heterocycles. The van der Waals surface area contributed by atoms with Crippen LogP contribution in [0.25, 0.3) is 0 Å². The van der Waals surface area contributed by atoms with E-state index in [0.717, 1.165) is 19.3 Å². The van der Waals surface area contributed by atoms with Gasteiger partial charge in [0.25, 0.3) is 5.91 Å². The predicted octanol–water partition coefficient (Wildman–Crippen LogP) is 4.43. The maximum atomic E-state index is 12.1. The molecule has 1 N–H and O–H groups in total. The first-order chi connectivity index (χ1) is 8.58. The smallest absolute Gasteiger partial charge is 0.251 e. The fourth-order valence-electron chi connectivity index (χ4n) is 2.14. The summed E-state index contributed by atoms with van der Waals surface area (Å²) in [5.41, 5.74) is 0.551. The minimum atomic E-state index is -0.0927. The highest BCUT2D eigenvalue weighted by molar-refractivity contribution is 9.09. The number of amides is 1. The predicted molar refractivity (Wildman–Crippen MR) is 78.9 cm³/mol. The molecule has 2 atom stereocenters. The summed E-state index contributed by atoms with van der Waals surface area (Å²) in [7, 11) is 0. The van der Waals surface area contributed by atoms with Crippen LogP contribution in [0.4, 0.5) is 0 Å². The Hall–Kier alpha value is -0.250. The van der Waals surface area contributed by atoms with Gasteiger partial charge in [-0.2, -0.15) is 0 Å². The summed E-state index contributed by atoms with van der Waals surface area (Å²) in [6.07, 6.45) is 4.50. The van der Waals surface area contributed by atoms with Gasteiger partial charge in [0.2, 0.25) is 0 Å². The van der Waals surface area contributed by atoms with Gasteiger partial charge in [-0.15, -0.1) is 0 Å². The second-order valence-corrected chi connectivity index (χ2v) is 6.50. The van der Waals surface area contributed by atoms with Gasteiger partial charge in [0.1, 0.15) is 0 Å². The van der Waals surface area contributed by atoms with Gasteiger partial charge in [-0.25, -0.2) is 0 Å². The monoisotopic (exact) mass is 349 g/mol. The van der Waals surface area contributed by atoms with Gasteiger partial charge in [-0.3, -0.25) is 4.79 Å². The van der Waals surface area contributed by atoms with Crippen molar-refractivity contribution in [1.29, 1.82) is 0 Å². The molecule has 0 spiro atoms. The fourth-order valence-corrected chi connectivity index (χ4v) is 3.16. The third-order valence-electron chi connectivity index (χ3n) is 3.18. The molecule has 0 heterocycles. The highest BCUT2D eigenvalue weighted by atomic mass is 79.9. The van der Waals surface area contributed by atoms with Crippen molar-refractivity contribution >= 4 is 45.0 Å². The average molecular weight is 351 g/mol. The van der Waals surface area contributed by atoms with E-state index in [-0.39, 0.29) is 11.9 Å². The van der Waals surface area contributed by atoms with Crippen molar-refractivity contribution < 1.29 is 4.79 Å². The molecule has 1 aromatic carbocycles. The van der Waals surface area contributed by atoms with Crippen molar-refractivity contribution in [2.75, 3.05) is 0 Å². The lowest BCUT2D eigenvalue weighted by atomic mass is 9.95. The molecular formula is C13H14BrCl2NO. The van der Waals surface area contributed by atoms with Gasteiger partial charge in [-0.1, -0.05) is 52.0 Å². The first-order valence-electron chi connectivity index (χ1n) is 5.98. The lowest BCUT2D eigenvalue weighted by Gasteiger charge is -2.28. The molecule has 1 aromatic rings. The van der Waals surface area contributed by atoms with E-state index in [9.17, 15) is 4.79 Å². The molecule has 1 aliphatic rings. The van der Waals surface area contributed by atoms with Crippen LogP contribution in [0.3, 0.4) is 0 Å². The van der Waals surface area contributed by atoms with E-state index in [1.165, 1.54) is 6.42 Å². The maximum Gasteiger partial charge on any atom is 0.251 e. The summed E-state index contributed by atoms with van der Waals surface area (Å²) in [6.45, 7) is 0. The molecule has 0 aliphatic heterocycles. The van der Waals surface area contributed by atoms with Gasteiger partial charge in [0.15, 0.2) is 0 Å². The number of hydrogen-bond acceptors (Lipinski definition) is 1. The van der Waals surface area contributed by atoms with Crippen LogP contribution < -0.4 is 5.32 Å². The summed E-state index contributed by atoms with van der Waals surface area (Å²) in [4.78, 5) is 12.4. The van der Waals surface area contributed by atoms with Crippen LogP contribution in [0, 0.1) is 0 Å². The third kappa shape index (κ3) is 3.40. The van der Waals surface area contributed by atoms with Gasteiger partial charge in [0, 0.05) is 16.4 Å². The fraction of sp³-hybridized carbons (Fsp3) is 0.462. The van der Waals surface area contributed by atoms with Crippen molar-refractivity contribution in [3.63, 3.8) is 0 Å². The molecule has 1 saturated carbocycles. The van der Waals surface area contributed by atoms with Crippen LogP contribution in [0.5, 0.6) is 0 Å². The van der Waals surface area contributed by atoms with Crippen LogP contribution in [0.2, 0.25) is 10.0 Å². The van der Waals surface area contributed by atoms with E-state index < -0.39 is 0 Å². The number of carbonyl (C=O) groups is 1. The van der Waals surface area contributed by atoms with E-state index in [2.05, 4.69) is 21.2 Å². The van der Waals surface area contributed by atoms with E-state index in [0.29, 0.717) is 20.4 Å². The number of nitrogens with one attached hydrogen (secondary N) is 1. The van der Waals surface area contributed by atoms with Crippen molar-refractivity contribution in [2.24, 2.45) is 0 Å². The highest BCUT2D eigenvalue weighted by Gasteiger charge is 2.24. The topological polar surface area (TPSA) is 29.1 Å². The van der Waals surface area contributed by atoms with Crippen molar-refractivity contribution in [3.8, 4) is 0 Å². The molecule has 1 fully saturated rings. The number of alkyl halides is 1. The molecule has 2 rings (SSSR count). The molecule has 0 bridgehead atoms. The van der Waals surface area contributed by atoms with E-state index in [1.807, 2.05) is 0 Å². The standard InChI is InChI=1S/C13H14BrCl2NO/c14-9-3-1-2-4-12(9)17-13(18)8-5-6-10(15)11(16)7-8/h5-7,9,12H,1-4H2,(H,17,18). The second-order valence-electron chi connectivity index (χ2n) is 4.51. The highest BCUT2D eigenvalue weighted by Crippen LogP contribution is 2.26. The number of rotatable bonds is 2. The van der Waals surface area contributed by atoms with E-state index in [4.69, 9.17) is 23.2 Å². The lowest BCUT2D eigenvalue weighted by Crippen LogP contribution is -2.42. The largest absolute Gasteiger partial charge is 0.348 e. The second kappa shape index (κ2) is 6.27.